The minimum absolute atomic E-state index is 0.113. The predicted octanol–water partition coefficient (Wildman–Crippen LogP) is 0.656. The third-order valence-electron chi connectivity index (χ3n) is 2.09. The first-order valence-corrected chi connectivity index (χ1v) is 5.44. The molecule has 1 amide bonds. The summed E-state index contributed by atoms with van der Waals surface area (Å²) < 4.78 is 27.2. The van der Waals surface area contributed by atoms with Crippen LogP contribution in [0.5, 0.6) is 0 Å². The highest BCUT2D eigenvalue weighted by Gasteiger charge is 2.47. The number of hydrogen-bond acceptors (Lipinski definition) is 4. The molecular formula is C7H13NO5S. The molecule has 1 aliphatic rings. The van der Waals surface area contributed by atoms with E-state index in [1.54, 1.807) is 20.8 Å². The average Bonchev–Trinajstić information content (AvgIpc) is 2.23. The largest absolute Gasteiger partial charge is 0.464 e. The lowest BCUT2D eigenvalue weighted by Crippen LogP contribution is -2.45. The van der Waals surface area contributed by atoms with Crippen molar-refractivity contribution in [3.63, 3.8) is 0 Å². The van der Waals surface area contributed by atoms with Crippen LogP contribution in [0.25, 0.3) is 0 Å². The lowest BCUT2D eigenvalue weighted by Gasteiger charge is -2.29. The van der Waals surface area contributed by atoms with E-state index in [1.807, 2.05) is 0 Å². The van der Waals surface area contributed by atoms with Crippen molar-refractivity contribution in [2.45, 2.75) is 26.8 Å². The molecule has 0 aromatic rings. The number of rotatable bonds is 0. The third-order valence-corrected chi connectivity index (χ3v) is 3.41. The lowest BCUT2D eigenvalue weighted by molar-refractivity contribution is 0.133. The van der Waals surface area contributed by atoms with E-state index in [0.29, 0.717) is 4.31 Å². The summed E-state index contributed by atoms with van der Waals surface area (Å²) in [5.41, 5.74) is -0.470. The summed E-state index contributed by atoms with van der Waals surface area (Å²) in [5.74, 6) is 0. The molecule has 1 aliphatic heterocycles. The van der Waals surface area contributed by atoms with Crippen molar-refractivity contribution >= 4 is 16.4 Å². The van der Waals surface area contributed by atoms with Crippen LogP contribution >= 0.6 is 0 Å². The van der Waals surface area contributed by atoms with Gasteiger partial charge in [0.05, 0.1) is 12.6 Å². The van der Waals surface area contributed by atoms with Gasteiger partial charge >= 0.3 is 16.4 Å². The first-order chi connectivity index (χ1) is 6.16. The summed E-state index contributed by atoms with van der Waals surface area (Å²) in [7, 11) is -4.08. The van der Waals surface area contributed by atoms with E-state index in [4.69, 9.17) is 5.11 Å². The Morgan fingerprint density at radius 3 is 2.29 bits per heavy atom. The van der Waals surface area contributed by atoms with Crippen molar-refractivity contribution in [3.8, 4) is 0 Å². The van der Waals surface area contributed by atoms with Crippen LogP contribution in [0.3, 0.4) is 0 Å². The van der Waals surface area contributed by atoms with Crippen LogP contribution in [0.2, 0.25) is 0 Å². The second-order valence-electron chi connectivity index (χ2n) is 4.20. The van der Waals surface area contributed by atoms with Crippen LogP contribution in [0, 0.1) is 5.41 Å². The van der Waals surface area contributed by atoms with Gasteiger partial charge in [-0.05, 0) is 5.41 Å². The van der Waals surface area contributed by atoms with Crippen molar-refractivity contribution in [2.24, 2.45) is 5.41 Å². The van der Waals surface area contributed by atoms with E-state index in [-0.39, 0.29) is 6.61 Å². The van der Waals surface area contributed by atoms with Crippen molar-refractivity contribution in [3.05, 3.63) is 0 Å². The zero-order chi connectivity index (χ0) is 11.1. The summed E-state index contributed by atoms with van der Waals surface area (Å²) in [6.07, 6.45) is -1.50. The van der Waals surface area contributed by atoms with Crippen LogP contribution in [0.1, 0.15) is 20.8 Å². The fraction of sp³-hybridized carbons (Fsp3) is 0.857. The van der Waals surface area contributed by atoms with E-state index < -0.39 is 27.9 Å². The summed E-state index contributed by atoms with van der Waals surface area (Å²) in [6, 6.07) is -0.662. The molecular weight excluding hydrogens is 210 g/mol. The van der Waals surface area contributed by atoms with E-state index in [2.05, 4.69) is 4.18 Å². The lowest BCUT2D eigenvalue weighted by atomic mass is 9.87. The smallest absolute Gasteiger partial charge is 0.423 e. The number of carbonyl (C=O) groups is 1. The van der Waals surface area contributed by atoms with E-state index in [1.165, 1.54) is 0 Å². The number of hydrogen-bond donors (Lipinski definition) is 1. The highest BCUT2D eigenvalue weighted by Crippen LogP contribution is 2.32. The normalized spacial score (nSPS) is 26.5. The molecule has 14 heavy (non-hydrogen) atoms. The summed E-state index contributed by atoms with van der Waals surface area (Å²) in [4.78, 5) is 10.7. The first-order valence-electron chi connectivity index (χ1n) is 4.08. The van der Waals surface area contributed by atoms with E-state index >= 15 is 0 Å². The van der Waals surface area contributed by atoms with E-state index in [9.17, 15) is 13.2 Å². The van der Waals surface area contributed by atoms with Crippen molar-refractivity contribution in [1.29, 1.82) is 0 Å². The maximum Gasteiger partial charge on any atom is 0.423 e. The Labute approximate surface area is 82.7 Å². The Morgan fingerprint density at radius 1 is 1.50 bits per heavy atom. The summed E-state index contributed by atoms with van der Waals surface area (Å²) >= 11 is 0. The monoisotopic (exact) mass is 223 g/mol. The minimum atomic E-state index is -4.08. The van der Waals surface area contributed by atoms with E-state index in [0.717, 1.165) is 0 Å². The number of nitrogens with zero attached hydrogens (tertiary/aromatic N) is 1. The van der Waals surface area contributed by atoms with Gasteiger partial charge in [-0.2, -0.15) is 12.7 Å². The van der Waals surface area contributed by atoms with Crippen LogP contribution < -0.4 is 0 Å². The van der Waals surface area contributed by atoms with Crippen LogP contribution in [0.15, 0.2) is 0 Å². The molecule has 0 saturated carbocycles. The topological polar surface area (TPSA) is 83.9 Å². The van der Waals surface area contributed by atoms with Gasteiger partial charge < -0.3 is 5.11 Å². The molecule has 1 heterocycles. The molecule has 1 rings (SSSR count). The maximum absolute atomic E-state index is 11.2. The van der Waals surface area contributed by atoms with Gasteiger partial charge in [-0.3, -0.25) is 4.18 Å². The molecule has 0 aromatic heterocycles. The fourth-order valence-electron chi connectivity index (χ4n) is 1.26. The molecule has 0 aromatic carbocycles. The van der Waals surface area contributed by atoms with Gasteiger partial charge in [0.15, 0.2) is 0 Å². The Kier molecular flexibility index (Phi) is 2.49. The summed E-state index contributed by atoms with van der Waals surface area (Å²) in [5, 5.41) is 8.75. The van der Waals surface area contributed by atoms with Gasteiger partial charge in [-0.25, -0.2) is 4.79 Å². The van der Waals surface area contributed by atoms with Crippen LogP contribution in [-0.2, 0) is 14.5 Å². The van der Waals surface area contributed by atoms with Gasteiger partial charge in [0.1, 0.15) is 0 Å². The molecule has 0 radical (unpaired) electrons. The molecule has 1 atom stereocenters. The molecule has 0 unspecified atom stereocenters. The SMILES string of the molecule is CC(C)(C)[C@@H]1COS(=O)(=O)N1C(=O)O. The molecule has 6 nitrogen and oxygen atoms in total. The second-order valence-corrected chi connectivity index (χ2v) is 5.69. The van der Waals surface area contributed by atoms with Crippen LogP contribution in [0.4, 0.5) is 4.79 Å². The Morgan fingerprint density at radius 2 is 2.00 bits per heavy atom. The third kappa shape index (κ3) is 1.83. The molecule has 0 bridgehead atoms. The van der Waals surface area contributed by atoms with Crippen molar-refractivity contribution < 1.29 is 22.5 Å². The zero-order valence-electron chi connectivity index (χ0n) is 8.22. The standard InChI is InChI=1S/C7H13NO5S/c1-7(2,3)5-4-13-14(11,12)8(5)6(9)10/h5H,4H2,1-3H3,(H,9,10)/t5-/m0/s1. The van der Waals surface area contributed by atoms with Gasteiger partial charge in [0, 0.05) is 0 Å². The Hall–Kier alpha value is -0.820. The van der Waals surface area contributed by atoms with Crippen LogP contribution in [-0.4, -0.2) is 36.6 Å². The molecule has 0 aliphatic carbocycles. The quantitative estimate of drug-likeness (QED) is 0.652. The summed E-state index contributed by atoms with van der Waals surface area (Å²) in [6.45, 7) is 5.17. The molecule has 1 fully saturated rings. The fourth-order valence-corrected chi connectivity index (χ4v) is 2.56. The molecule has 1 saturated heterocycles. The highest BCUT2D eigenvalue weighted by molar-refractivity contribution is 7.85. The Balaban J connectivity index is 3.09. The van der Waals surface area contributed by atoms with Gasteiger partial charge in [-0.1, -0.05) is 20.8 Å². The van der Waals surface area contributed by atoms with Gasteiger partial charge in [0.25, 0.3) is 0 Å². The van der Waals surface area contributed by atoms with Crippen molar-refractivity contribution in [2.75, 3.05) is 6.61 Å². The minimum Gasteiger partial charge on any atom is -0.464 e. The number of amides is 1. The Bertz CT molecular complexity index is 342. The van der Waals surface area contributed by atoms with Gasteiger partial charge in [-0.15, -0.1) is 0 Å². The van der Waals surface area contributed by atoms with Crippen molar-refractivity contribution in [1.82, 2.24) is 4.31 Å². The maximum atomic E-state index is 11.2. The molecule has 82 valence electrons. The second kappa shape index (κ2) is 3.09. The highest BCUT2D eigenvalue weighted by atomic mass is 32.2. The zero-order valence-corrected chi connectivity index (χ0v) is 9.04. The average molecular weight is 223 g/mol. The number of carboxylic acid groups (broad SMARTS) is 1. The molecule has 0 spiro atoms. The molecule has 1 N–H and O–H groups in total. The first kappa shape index (κ1) is 11.3. The molecule has 7 heteroatoms. The predicted molar refractivity (Wildman–Crippen MR) is 48.0 cm³/mol. The van der Waals surface area contributed by atoms with Gasteiger partial charge in [0.2, 0.25) is 0 Å².